The third-order valence-electron chi connectivity index (χ3n) is 6.02. The average molecular weight is 292 g/mol. The fourth-order valence-electron chi connectivity index (χ4n) is 4.44. The van der Waals surface area contributed by atoms with Gasteiger partial charge in [-0.1, -0.05) is 12.1 Å². The lowest BCUT2D eigenvalue weighted by molar-refractivity contribution is 0.0846. The van der Waals surface area contributed by atoms with Crippen LogP contribution in [0.5, 0.6) is 0 Å². The molecule has 0 spiro atoms. The maximum atomic E-state index is 9.71. The SMILES string of the molecule is CC1(c2noc([C@]34CCC[C@H]3OCC4)n2)CCC(O)CC1. The molecule has 2 aliphatic carbocycles. The number of aromatic nitrogens is 2. The molecule has 21 heavy (non-hydrogen) atoms. The van der Waals surface area contributed by atoms with Crippen molar-refractivity contribution in [3.8, 4) is 0 Å². The molecule has 0 unspecified atom stereocenters. The second-order valence-electron chi connectivity index (χ2n) is 7.37. The van der Waals surface area contributed by atoms with Crippen LogP contribution in [0.2, 0.25) is 0 Å². The van der Waals surface area contributed by atoms with Gasteiger partial charge in [0.15, 0.2) is 5.82 Å². The van der Waals surface area contributed by atoms with E-state index < -0.39 is 0 Å². The largest absolute Gasteiger partial charge is 0.393 e. The predicted molar refractivity (Wildman–Crippen MR) is 76.0 cm³/mol. The van der Waals surface area contributed by atoms with Gasteiger partial charge >= 0.3 is 0 Å². The summed E-state index contributed by atoms with van der Waals surface area (Å²) in [5, 5.41) is 14.0. The zero-order valence-corrected chi connectivity index (χ0v) is 12.7. The molecule has 5 heteroatoms. The molecule has 1 aliphatic heterocycles. The Morgan fingerprint density at radius 3 is 2.76 bits per heavy atom. The summed E-state index contributed by atoms with van der Waals surface area (Å²) in [7, 11) is 0. The van der Waals surface area contributed by atoms with Crippen molar-refractivity contribution in [1.29, 1.82) is 0 Å². The lowest BCUT2D eigenvalue weighted by Gasteiger charge is -2.32. The molecule has 0 bridgehead atoms. The quantitative estimate of drug-likeness (QED) is 0.907. The Balaban J connectivity index is 1.61. The Bertz CT molecular complexity index is 509. The van der Waals surface area contributed by atoms with Crippen LogP contribution in [0.3, 0.4) is 0 Å². The molecular formula is C16H24N2O3. The highest BCUT2D eigenvalue weighted by Gasteiger charge is 2.53. The van der Waals surface area contributed by atoms with Gasteiger partial charge in [0.2, 0.25) is 5.89 Å². The second kappa shape index (κ2) is 4.78. The Labute approximate surface area is 125 Å². The van der Waals surface area contributed by atoms with Gasteiger partial charge in [-0.3, -0.25) is 0 Å². The molecule has 5 nitrogen and oxygen atoms in total. The zero-order valence-electron chi connectivity index (χ0n) is 12.7. The van der Waals surface area contributed by atoms with E-state index in [-0.39, 0.29) is 23.0 Å². The first-order chi connectivity index (χ1) is 10.1. The topological polar surface area (TPSA) is 68.4 Å². The van der Waals surface area contributed by atoms with Crippen LogP contribution >= 0.6 is 0 Å². The smallest absolute Gasteiger partial charge is 0.235 e. The molecule has 1 aromatic rings. The van der Waals surface area contributed by atoms with Crippen molar-refractivity contribution in [2.45, 2.75) is 81.3 Å². The van der Waals surface area contributed by atoms with Gasteiger partial charge in [0, 0.05) is 12.0 Å². The van der Waals surface area contributed by atoms with Crippen molar-refractivity contribution < 1.29 is 14.4 Å². The van der Waals surface area contributed by atoms with Crippen LogP contribution in [-0.2, 0) is 15.6 Å². The summed E-state index contributed by atoms with van der Waals surface area (Å²) < 4.78 is 11.6. The summed E-state index contributed by atoms with van der Waals surface area (Å²) in [6.45, 7) is 3.01. The fraction of sp³-hybridized carbons (Fsp3) is 0.875. The van der Waals surface area contributed by atoms with Crippen LogP contribution in [0.25, 0.3) is 0 Å². The lowest BCUT2D eigenvalue weighted by atomic mass is 9.74. The number of aliphatic hydroxyl groups excluding tert-OH is 1. The Morgan fingerprint density at radius 2 is 1.95 bits per heavy atom. The number of nitrogens with zero attached hydrogens (tertiary/aromatic N) is 2. The highest BCUT2D eigenvalue weighted by atomic mass is 16.5. The standard InChI is InChI=1S/C16H24N2O3/c1-15(7-4-11(19)5-8-15)13-17-14(21-18-13)16-6-2-3-12(16)20-10-9-16/h11-12,19H,2-10H2,1H3/t11?,12-,15?,16+/m1/s1. The van der Waals surface area contributed by atoms with E-state index in [1.165, 1.54) is 6.42 Å². The summed E-state index contributed by atoms with van der Waals surface area (Å²) in [4.78, 5) is 4.81. The van der Waals surface area contributed by atoms with Gasteiger partial charge in [-0.2, -0.15) is 4.98 Å². The van der Waals surface area contributed by atoms with E-state index in [9.17, 15) is 5.11 Å². The van der Waals surface area contributed by atoms with Crippen molar-refractivity contribution >= 4 is 0 Å². The first-order valence-corrected chi connectivity index (χ1v) is 8.27. The van der Waals surface area contributed by atoms with E-state index in [4.69, 9.17) is 14.2 Å². The molecule has 3 aliphatic rings. The van der Waals surface area contributed by atoms with Crippen LogP contribution in [0, 0.1) is 0 Å². The van der Waals surface area contributed by atoms with E-state index in [0.29, 0.717) is 0 Å². The fourth-order valence-corrected chi connectivity index (χ4v) is 4.44. The zero-order chi connectivity index (χ0) is 14.5. The van der Waals surface area contributed by atoms with Gasteiger partial charge in [-0.25, -0.2) is 0 Å². The Hall–Kier alpha value is -0.940. The third kappa shape index (κ3) is 2.05. The minimum absolute atomic E-state index is 0.0181. The van der Waals surface area contributed by atoms with Crippen molar-refractivity contribution in [3.63, 3.8) is 0 Å². The summed E-state index contributed by atoms with van der Waals surface area (Å²) in [5.74, 6) is 1.63. The van der Waals surface area contributed by atoms with Crippen molar-refractivity contribution in [2.24, 2.45) is 0 Å². The lowest BCUT2D eigenvalue weighted by Crippen LogP contribution is -2.33. The number of ether oxygens (including phenoxy) is 1. The third-order valence-corrected chi connectivity index (χ3v) is 6.02. The molecule has 2 saturated carbocycles. The highest BCUT2D eigenvalue weighted by molar-refractivity contribution is 5.17. The van der Waals surface area contributed by atoms with Crippen LogP contribution < -0.4 is 0 Å². The van der Waals surface area contributed by atoms with Crippen LogP contribution in [0.15, 0.2) is 4.52 Å². The first-order valence-electron chi connectivity index (χ1n) is 8.27. The van der Waals surface area contributed by atoms with Crippen LogP contribution in [0.4, 0.5) is 0 Å². The molecular weight excluding hydrogens is 268 g/mol. The van der Waals surface area contributed by atoms with E-state index in [2.05, 4.69) is 12.1 Å². The molecule has 1 aromatic heterocycles. The van der Waals surface area contributed by atoms with E-state index in [1.54, 1.807) is 0 Å². The number of fused-ring (bicyclic) bond motifs is 1. The molecule has 2 heterocycles. The summed E-state index contributed by atoms with van der Waals surface area (Å²) >= 11 is 0. The van der Waals surface area contributed by atoms with Gasteiger partial charge in [0.1, 0.15) is 0 Å². The van der Waals surface area contributed by atoms with E-state index >= 15 is 0 Å². The Morgan fingerprint density at radius 1 is 1.14 bits per heavy atom. The van der Waals surface area contributed by atoms with Crippen molar-refractivity contribution in [3.05, 3.63) is 11.7 Å². The van der Waals surface area contributed by atoms with E-state index in [0.717, 1.165) is 63.3 Å². The summed E-state index contributed by atoms with van der Waals surface area (Å²) in [6.07, 6.45) is 8.04. The summed E-state index contributed by atoms with van der Waals surface area (Å²) in [6, 6.07) is 0. The number of hydrogen-bond acceptors (Lipinski definition) is 5. The molecule has 2 atom stereocenters. The predicted octanol–water partition coefficient (Wildman–Crippen LogP) is 2.47. The Kier molecular flexibility index (Phi) is 3.12. The highest BCUT2D eigenvalue weighted by Crippen LogP contribution is 2.49. The van der Waals surface area contributed by atoms with E-state index in [1.807, 2.05) is 0 Å². The van der Waals surface area contributed by atoms with Crippen molar-refractivity contribution in [1.82, 2.24) is 10.1 Å². The normalized spacial score (nSPS) is 43.1. The van der Waals surface area contributed by atoms with Gasteiger partial charge in [-0.15, -0.1) is 0 Å². The molecule has 3 fully saturated rings. The molecule has 1 N–H and O–H groups in total. The number of hydrogen-bond donors (Lipinski definition) is 1. The number of aliphatic hydroxyl groups is 1. The summed E-state index contributed by atoms with van der Waals surface area (Å²) in [5.41, 5.74) is -0.0685. The molecule has 116 valence electrons. The van der Waals surface area contributed by atoms with Gasteiger partial charge in [-0.05, 0) is 51.4 Å². The molecule has 0 aromatic carbocycles. The van der Waals surface area contributed by atoms with Gasteiger partial charge in [0.25, 0.3) is 0 Å². The molecule has 0 amide bonds. The second-order valence-corrected chi connectivity index (χ2v) is 7.37. The van der Waals surface area contributed by atoms with Gasteiger partial charge in [0.05, 0.1) is 17.6 Å². The van der Waals surface area contributed by atoms with Crippen LogP contribution in [-0.4, -0.2) is 34.1 Å². The van der Waals surface area contributed by atoms with Crippen LogP contribution in [0.1, 0.15) is 70.0 Å². The monoisotopic (exact) mass is 292 g/mol. The first kappa shape index (κ1) is 13.7. The molecule has 4 rings (SSSR count). The van der Waals surface area contributed by atoms with Gasteiger partial charge < -0.3 is 14.4 Å². The minimum Gasteiger partial charge on any atom is -0.393 e. The maximum absolute atomic E-state index is 9.71. The van der Waals surface area contributed by atoms with Crippen molar-refractivity contribution in [2.75, 3.05) is 6.61 Å². The maximum Gasteiger partial charge on any atom is 0.235 e. The molecule has 0 radical (unpaired) electrons. The number of rotatable bonds is 2. The average Bonchev–Trinajstić information content (AvgIpc) is 3.14. The minimum atomic E-state index is -0.162. The molecule has 1 saturated heterocycles.